The Bertz CT molecular complexity index is 1300. The third-order valence-electron chi connectivity index (χ3n) is 7.36. The van der Waals surface area contributed by atoms with Crippen molar-refractivity contribution < 1.29 is 29.1 Å². The van der Waals surface area contributed by atoms with Gasteiger partial charge in [-0.15, -0.1) is 0 Å². The fourth-order valence-electron chi connectivity index (χ4n) is 5.43. The van der Waals surface area contributed by atoms with E-state index in [2.05, 4.69) is 9.88 Å². The van der Waals surface area contributed by atoms with Crippen LogP contribution in [-0.4, -0.2) is 89.9 Å². The number of carbonyl (C=O) groups excluding carboxylic acids is 3. The van der Waals surface area contributed by atoms with Gasteiger partial charge in [-0.25, -0.2) is 10.3 Å². The summed E-state index contributed by atoms with van der Waals surface area (Å²) in [6.45, 7) is 2.10. The molecule has 3 atom stereocenters. The van der Waals surface area contributed by atoms with Gasteiger partial charge in [-0.05, 0) is 30.3 Å². The first kappa shape index (κ1) is 26.2. The number of piperidine rings is 1. The molecule has 0 spiro atoms. The maximum Gasteiger partial charge on any atom is 0.410 e. The number of nitrogens with zero attached hydrogens (tertiary/aromatic N) is 4. The smallest absolute Gasteiger partial charge is 0.410 e. The minimum absolute atomic E-state index is 0.0267. The Labute approximate surface area is 225 Å². The van der Waals surface area contributed by atoms with E-state index in [-0.39, 0.29) is 18.9 Å². The minimum atomic E-state index is -1.15. The van der Waals surface area contributed by atoms with Crippen LogP contribution in [-0.2, 0) is 14.3 Å². The largest absolute Gasteiger partial charge is 0.488 e. The van der Waals surface area contributed by atoms with Gasteiger partial charge in [0.25, 0.3) is 0 Å². The van der Waals surface area contributed by atoms with Crippen molar-refractivity contribution in [3.05, 3.63) is 66.9 Å². The summed E-state index contributed by atoms with van der Waals surface area (Å²) in [5.74, 6) is -1.64. The van der Waals surface area contributed by atoms with Crippen LogP contribution in [0.1, 0.15) is 6.42 Å². The average Bonchev–Trinajstić information content (AvgIpc) is 3.00. The predicted octanol–water partition coefficient (Wildman–Crippen LogP) is 2.29. The summed E-state index contributed by atoms with van der Waals surface area (Å²) in [5.41, 5.74) is 3.49. The second kappa shape index (κ2) is 11.6. The molecule has 2 aliphatic rings. The molecule has 39 heavy (non-hydrogen) atoms. The highest BCUT2D eigenvalue weighted by molar-refractivity contribution is 5.93. The Hall–Kier alpha value is -4.38. The number of fused-ring (bicyclic) bond motifs is 1. The molecule has 0 aliphatic carbocycles. The Kier molecular flexibility index (Phi) is 7.78. The zero-order valence-corrected chi connectivity index (χ0v) is 21.6. The van der Waals surface area contributed by atoms with Crippen LogP contribution in [0.5, 0.6) is 5.75 Å². The maximum atomic E-state index is 13.8. The lowest BCUT2D eigenvalue weighted by Crippen LogP contribution is -2.64. The van der Waals surface area contributed by atoms with E-state index in [1.54, 1.807) is 22.6 Å². The molecule has 0 radical (unpaired) electrons. The van der Waals surface area contributed by atoms with E-state index in [0.29, 0.717) is 31.9 Å². The summed E-state index contributed by atoms with van der Waals surface area (Å²) in [6, 6.07) is 18.0. The van der Waals surface area contributed by atoms with Crippen LogP contribution in [0, 0.1) is 5.92 Å². The molecule has 2 aliphatic heterocycles. The highest BCUT2D eigenvalue weighted by atomic mass is 16.5. The number of likely N-dealkylation sites (tertiary alicyclic amines) is 1. The quantitative estimate of drug-likeness (QED) is 0.378. The second-order valence-electron chi connectivity index (χ2n) is 9.60. The van der Waals surface area contributed by atoms with Gasteiger partial charge in [-0.1, -0.05) is 30.3 Å². The average molecular weight is 534 g/mol. The molecule has 0 saturated carbocycles. The Morgan fingerprint density at radius 1 is 0.974 bits per heavy atom. The second-order valence-corrected chi connectivity index (χ2v) is 9.60. The topological polar surface area (TPSA) is 125 Å². The van der Waals surface area contributed by atoms with Gasteiger partial charge >= 0.3 is 6.09 Å². The van der Waals surface area contributed by atoms with Crippen LogP contribution in [0.4, 0.5) is 10.5 Å². The molecule has 1 aromatic heterocycles. The fourth-order valence-corrected chi connectivity index (χ4v) is 5.43. The van der Waals surface area contributed by atoms with Crippen molar-refractivity contribution in [3.8, 4) is 5.75 Å². The van der Waals surface area contributed by atoms with Gasteiger partial charge < -0.3 is 19.3 Å². The highest BCUT2D eigenvalue weighted by Gasteiger charge is 2.49. The van der Waals surface area contributed by atoms with Crippen LogP contribution in [0.2, 0.25) is 0 Å². The van der Waals surface area contributed by atoms with Gasteiger partial charge in [0, 0.05) is 49.9 Å². The monoisotopic (exact) mass is 533 g/mol. The summed E-state index contributed by atoms with van der Waals surface area (Å²) in [4.78, 5) is 49.1. The van der Waals surface area contributed by atoms with Crippen molar-refractivity contribution in [2.75, 3.05) is 44.7 Å². The SMILES string of the molecule is COC(=O)N1C[C@@H](Oc2ccnc3ccccc23)C[C@H](C(=O)NO)[C@H]1C(=O)N1CCN(c2ccccc2)CC1. The number of ether oxygens (including phenoxy) is 2. The van der Waals surface area contributed by atoms with Gasteiger partial charge in [0.2, 0.25) is 11.8 Å². The first-order valence-electron chi connectivity index (χ1n) is 12.9. The number of aromatic nitrogens is 1. The Morgan fingerprint density at radius 3 is 2.41 bits per heavy atom. The molecule has 3 amide bonds. The van der Waals surface area contributed by atoms with E-state index in [9.17, 15) is 19.6 Å². The third-order valence-corrected chi connectivity index (χ3v) is 7.36. The first-order valence-corrected chi connectivity index (χ1v) is 12.9. The van der Waals surface area contributed by atoms with Crippen LogP contribution >= 0.6 is 0 Å². The zero-order chi connectivity index (χ0) is 27.4. The highest BCUT2D eigenvalue weighted by Crippen LogP contribution is 2.32. The molecule has 0 unspecified atom stereocenters. The molecular formula is C28H31N5O6. The summed E-state index contributed by atoms with van der Waals surface area (Å²) >= 11 is 0. The van der Waals surface area contributed by atoms with Crippen molar-refractivity contribution >= 4 is 34.5 Å². The van der Waals surface area contributed by atoms with Gasteiger partial charge in [-0.2, -0.15) is 0 Å². The summed E-state index contributed by atoms with van der Waals surface area (Å²) in [5, 5.41) is 10.3. The number of amides is 3. The van der Waals surface area contributed by atoms with Crippen molar-refractivity contribution in [2.24, 2.45) is 5.92 Å². The van der Waals surface area contributed by atoms with Gasteiger partial charge in [0.1, 0.15) is 17.9 Å². The maximum absolute atomic E-state index is 13.8. The summed E-state index contributed by atoms with van der Waals surface area (Å²) in [7, 11) is 1.23. The molecule has 204 valence electrons. The number of hydroxylamine groups is 1. The fraction of sp³-hybridized carbons (Fsp3) is 0.357. The minimum Gasteiger partial charge on any atom is -0.488 e. The molecular weight excluding hydrogens is 502 g/mol. The summed E-state index contributed by atoms with van der Waals surface area (Å²) < 4.78 is 11.3. The van der Waals surface area contributed by atoms with E-state index in [4.69, 9.17) is 9.47 Å². The number of rotatable bonds is 5. The van der Waals surface area contributed by atoms with Crippen LogP contribution in [0.25, 0.3) is 10.9 Å². The lowest BCUT2D eigenvalue weighted by atomic mass is 9.86. The lowest BCUT2D eigenvalue weighted by Gasteiger charge is -2.45. The Balaban J connectivity index is 1.37. The van der Waals surface area contributed by atoms with Crippen LogP contribution in [0.3, 0.4) is 0 Å². The standard InChI is InChI=1S/C28H31N5O6/c1-38-28(36)33-18-20(39-24-11-12-29-23-10-6-5-9-21(23)24)17-22(26(34)30-37)25(33)27(35)32-15-13-31(14-16-32)19-7-3-2-4-8-19/h2-12,20,22,25,37H,13-18H2,1H3,(H,30,34)/t20-,22-,25-/m0/s1. The van der Waals surface area contributed by atoms with E-state index in [0.717, 1.165) is 16.6 Å². The molecule has 3 heterocycles. The molecule has 2 N–H and O–H groups in total. The van der Waals surface area contributed by atoms with E-state index in [1.165, 1.54) is 12.0 Å². The molecule has 5 rings (SSSR count). The van der Waals surface area contributed by atoms with Gasteiger partial charge in [0.15, 0.2) is 0 Å². The van der Waals surface area contributed by atoms with Gasteiger partial charge in [-0.3, -0.25) is 24.7 Å². The molecule has 11 nitrogen and oxygen atoms in total. The molecule has 11 heteroatoms. The third kappa shape index (κ3) is 5.44. The number of hydrogen-bond donors (Lipinski definition) is 2. The molecule has 2 saturated heterocycles. The molecule has 0 bridgehead atoms. The number of hydrogen-bond acceptors (Lipinski definition) is 8. The van der Waals surface area contributed by atoms with Gasteiger partial charge in [0.05, 0.1) is 25.1 Å². The molecule has 2 fully saturated rings. The van der Waals surface area contributed by atoms with E-state index < -0.39 is 30.1 Å². The predicted molar refractivity (Wildman–Crippen MR) is 142 cm³/mol. The lowest BCUT2D eigenvalue weighted by molar-refractivity contribution is -0.151. The number of pyridine rings is 1. The number of piperazine rings is 1. The number of carbonyl (C=O) groups is 3. The van der Waals surface area contributed by atoms with Crippen LogP contribution in [0.15, 0.2) is 66.9 Å². The zero-order valence-electron chi connectivity index (χ0n) is 21.6. The number of benzene rings is 2. The molecule has 3 aromatic rings. The molecule has 2 aromatic carbocycles. The van der Waals surface area contributed by atoms with Crippen molar-refractivity contribution in [1.29, 1.82) is 0 Å². The van der Waals surface area contributed by atoms with E-state index in [1.807, 2.05) is 54.6 Å². The number of para-hydroxylation sites is 2. The summed E-state index contributed by atoms with van der Waals surface area (Å²) in [6.07, 6.45) is 0.338. The van der Waals surface area contributed by atoms with E-state index >= 15 is 0 Å². The Morgan fingerprint density at radius 2 is 1.69 bits per heavy atom. The van der Waals surface area contributed by atoms with Crippen molar-refractivity contribution in [2.45, 2.75) is 18.6 Å². The number of methoxy groups -OCH3 is 1. The van der Waals surface area contributed by atoms with Crippen molar-refractivity contribution in [3.63, 3.8) is 0 Å². The number of anilines is 1. The number of nitrogens with one attached hydrogen (secondary N) is 1. The first-order chi connectivity index (χ1) is 19.0. The van der Waals surface area contributed by atoms with Crippen molar-refractivity contribution in [1.82, 2.24) is 20.3 Å². The van der Waals surface area contributed by atoms with Crippen LogP contribution < -0.4 is 15.1 Å². The normalized spacial score (nSPS) is 21.4.